The monoisotopic (exact) mass is 182 g/mol. The number of ether oxygens (including phenoxy) is 1. The third-order valence-electron chi connectivity index (χ3n) is 2.82. The van der Waals surface area contributed by atoms with E-state index in [1.165, 1.54) is 12.8 Å². The van der Waals surface area contributed by atoms with E-state index >= 15 is 0 Å². The van der Waals surface area contributed by atoms with Crippen LogP contribution in [-0.4, -0.2) is 31.1 Å². The lowest BCUT2D eigenvalue weighted by Gasteiger charge is -2.08. The summed E-state index contributed by atoms with van der Waals surface area (Å²) < 4.78 is 5.60. The molecule has 2 unspecified atom stereocenters. The van der Waals surface area contributed by atoms with Crippen molar-refractivity contribution in [1.29, 1.82) is 0 Å². The van der Waals surface area contributed by atoms with Gasteiger partial charge in [0.1, 0.15) is 6.61 Å². The highest BCUT2D eigenvalue weighted by Crippen LogP contribution is 2.18. The van der Waals surface area contributed by atoms with Gasteiger partial charge in [-0.25, -0.2) is 4.99 Å². The van der Waals surface area contributed by atoms with Crippen molar-refractivity contribution >= 4 is 5.90 Å². The van der Waals surface area contributed by atoms with Crippen molar-refractivity contribution in [2.45, 2.75) is 38.8 Å². The molecule has 13 heavy (non-hydrogen) atoms. The predicted octanol–water partition coefficient (Wildman–Crippen LogP) is 1.19. The molecule has 1 fully saturated rings. The Morgan fingerprint density at radius 3 is 2.92 bits per heavy atom. The van der Waals surface area contributed by atoms with Gasteiger partial charge in [0.15, 0.2) is 0 Å². The van der Waals surface area contributed by atoms with Gasteiger partial charge in [-0.05, 0) is 25.3 Å². The van der Waals surface area contributed by atoms with E-state index in [1.54, 1.807) is 0 Å². The minimum absolute atomic E-state index is 0.386. The van der Waals surface area contributed by atoms with Crippen molar-refractivity contribution in [3.05, 3.63) is 0 Å². The van der Waals surface area contributed by atoms with Crippen LogP contribution in [0.3, 0.4) is 0 Å². The van der Waals surface area contributed by atoms with Crippen molar-refractivity contribution in [1.82, 2.24) is 5.32 Å². The zero-order valence-corrected chi connectivity index (χ0v) is 8.42. The lowest BCUT2D eigenvalue weighted by Crippen LogP contribution is -2.30. The van der Waals surface area contributed by atoms with E-state index < -0.39 is 0 Å². The fourth-order valence-corrected chi connectivity index (χ4v) is 1.84. The molecule has 3 heteroatoms. The second-order valence-electron chi connectivity index (χ2n) is 4.24. The Morgan fingerprint density at radius 1 is 1.54 bits per heavy atom. The molecule has 0 bridgehead atoms. The van der Waals surface area contributed by atoms with Gasteiger partial charge in [-0.2, -0.15) is 0 Å². The van der Waals surface area contributed by atoms with Crippen LogP contribution in [0.25, 0.3) is 0 Å². The summed E-state index contributed by atoms with van der Waals surface area (Å²) >= 11 is 0. The van der Waals surface area contributed by atoms with Gasteiger partial charge in [0.2, 0.25) is 5.90 Å². The van der Waals surface area contributed by atoms with Crippen LogP contribution in [0.15, 0.2) is 4.99 Å². The first-order valence-corrected chi connectivity index (χ1v) is 5.21. The van der Waals surface area contributed by atoms with Gasteiger partial charge in [-0.3, -0.25) is 0 Å². The molecule has 0 saturated carbocycles. The van der Waals surface area contributed by atoms with Gasteiger partial charge in [-0.1, -0.05) is 13.8 Å². The number of rotatable bonds is 2. The van der Waals surface area contributed by atoms with Gasteiger partial charge in [0, 0.05) is 0 Å². The van der Waals surface area contributed by atoms with E-state index in [1.807, 2.05) is 0 Å². The number of hydrogen-bond donors (Lipinski definition) is 1. The molecule has 1 saturated heterocycles. The Labute approximate surface area is 79.6 Å². The van der Waals surface area contributed by atoms with E-state index in [9.17, 15) is 0 Å². The molecule has 2 rings (SSSR count). The normalized spacial score (nSPS) is 33.6. The molecule has 0 spiro atoms. The van der Waals surface area contributed by atoms with Crippen molar-refractivity contribution < 1.29 is 4.74 Å². The number of hydrogen-bond acceptors (Lipinski definition) is 3. The van der Waals surface area contributed by atoms with E-state index in [2.05, 4.69) is 24.2 Å². The summed E-state index contributed by atoms with van der Waals surface area (Å²) in [4.78, 5) is 4.60. The van der Waals surface area contributed by atoms with Crippen LogP contribution in [0.2, 0.25) is 0 Å². The maximum absolute atomic E-state index is 5.60. The summed E-state index contributed by atoms with van der Waals surface area (Å²) in [5, 5.41) is 3.40. The first kappa shape index (κ1) is 9.00. The van der Waals surface area contributed by atoms with Crippen LogP contribution in [0.5, 0.6) is 0 Å². The highest BCUT2D eigenvalue weighted by molar-refractivity contribution is 5.83. The molecule has 1 N–H and O–H groups in total. The third kappa shape index (κ3) is 1.85. The Bertz CT molecular complexity index is 207. The van der Waals surface area contributed by atoms with Crippen LogP contribution in [0.4, 0.5) is 0 Å². The largest absolute Gasteiger partial charge is 0.478 e. The molecule has 0 aromatic rings. The topological polar surface area (TPSA) is 33.6 Å². The smallest absolute Gasteiger partial charge is 0.201 e. The molecule has 0 amide bonds. The molecule has 2 heterocycles. The first-order chi connectivity index (χ1) is 6.27. The zero-order chi connectivity index (χ0) is 9.26. The average Bonchev–Trinajstić information content (AvgIpc) is 2.75. The number of nitrogens with one attached hydrogen (secondary N) is 1. The van der Waals surface area contributed by atoms with Crippen LogP contribution < -0.4 is 5.32 Å². The Morgan fingerprint density at radius 2 is 2.38 bits per heavy atom. The highest BCUT2D eigenvalue weighted by atomic mass is 16.5. The summed E-state index contributed by atoms with van der Waals surface area (Å²) in [6.07, 6.45) is 2.43. The molecule has 0 radical (unpaired) electrons. The van der Waals surface area contributed by atoms with E-state index in [4.69, 9.17) is 4.74 Å². The molecular weight excluding hydrogens is 164 g/mol. The molecule has 2 aliphatic heterocycles. The van der Waals surface area contributed by atoms with Gasteiger partial charge in [0.05, 0.1) is 12.1 Å². The van der Waals surface area contributed by atoms with Gasteiger partial charge in [-0.15, -0.1) is 0 Å². The number of aliphatic imine (C=N–C) groups is 1. The minimum Gasteiger partial charge on any atom is -0.478 e. The van der Waals surface area contributed by atoms with Gasteiger partial charge >= 0.3 is 0 Å². The summed E-state index contributed by atoms with van der Waals surface area (Å²) in [6, 6.07) is 0.793. The van der Waals surface area contributed by atoms with Crippen LogP contribution in [-0.2, 0) is 4.74 Å². The first-order valence-electron chi connectivity index (χ1n) is 5.21. The van der Waals surface area contributed by atoms with Crippen LogP contribution >= 0.6 is 0 Å². The lowest BCUT2D eigenvalue weighted by molar-refractivity contribution is 0.281. The molecule has 0 aromatic heterocycles. The number of nitrogens with zero attached hydrogens (tertiary/aromatic N) is 1. The second kappa shape index (κ2) is 3.66. The Hall–Kier alpha value is -0.570. The SMILES string of the molecule is CC(C)C1COC(C2CCCN2)=N1. The lowest BCUT2D eigenvalue weighted by atomic mass is 10.1. The van der Waals surface area contributed by atoms with Crippen molar-refractivity contribution in [3.8, 4) is 0 Å². The van der Waals surface area contributed by atoms with Crippen molar-refractivity contribution in [2.75, 3.05) is 13.2 Å². The maximum Gasteiger partial charge on any atom is 0.201 e. The molecular formula is C10H18N2O. The molecule has 2 atom stereocenters. The quantitative estimate of drug-likeness (QED) is 0.696. The standard InChI is InChI=1S/C10H18N2O/c1-7(2)9-6-13-10(12-9)8-4-3-5-11-8/h7-9,11H,3-6H2,1-2H3. The van der Waals surface area contributed by atoms with Gasteiger partial charge < -0.3 is 10.1 Å². The zero-order valence-electron chi connectivity index (χ0n) is 8.42. The Kier molecular flexibility index (Phi) is 2.54. The van der Waals surface area contributed by atoms with E-state index in [0.29, 0.717) is 18.0 Å². The van der Waals surface area contributed by atoms with Crippen molar-refractivity contribution in [2.24, 2.45) is 10.9 Å². The van der Waals surface area contributed by atoms with E-state index in [0.717, 1.165) is 19.0 Å². The average molecular weight is 182 g/mol. The summed E-state index contributed by atoms with van der Waals surface area (Å²) in [7, 11) is 0. The van der Waals surface area contributed by atoms with Crippen LogP contribution in [0.1, 0.15) is 26.7 Å². The molecule has 0 aliphatic carbocycles. The van der Waals surface area contributed by atoms with Crippen molar-refractivity contribution in [3.63, 3.8) is 0 Å². The van der Waals surface area contributed by atoms with E-state index in [-0.39, 0.29) is 0 Å². The molecule has 0 aromatic carbocycles. The summed E-state index contributed by atoms with van der Waals surface area (Å²) in [5.74, 6) is 1.55. The fraction of sp³-hybridized carbons (Fsp3) is 0.900. The fourth-order valence-electron chi connectivity index (χ4n) is 1.84. The second-order valence-corrected chi connectivity index (χ2v) is 4.24. The molecule has 3 nitrogen and oxygen atoms in total. The molecule has 74 valence electrons. The molecule has 2 aliphatic rings. The summed E-state index contributed by atoms with van der Waals surface area (Å²) in [6.45, 7) is 6.29. The maximum atomic E-state index is 5.60. The summed E-state index contributed by atoms with van der Waals surface area (Å²) in [5.41, 5.74) is 0. The minimum atomic E-state index is 0.386. The third-order valence-corrected chi connectivity index (χ3v) is 2.82. The van der Waals surface area contributed by atoms with Gasteiger partial charge in [0.25, 0.3) is 0 Å². The Balaban J connectivity index is 1.97. The highest BCUT2D eigenvalue weighted by Gasteiger charge is 2.28. The predicted molar refractivity (Wildman–Crippen MR) is 53.0 cm³/mol. The van der Waals surface area contributed by atoms with Crippen LogP contribution in [0, 0.1) is 5.92 Å².